The number of carbonyl (C=O) groups is 2. The van der Waals surface area contributed by atoms with Gasteiger partial charge in [0, 0.05) is 24.1 Å². The third-order valence-corrected chi connectivity index (χ3v) is 5.86. The average molecular weight is 474 g/mol. The lowest BCUT2D eigenvalue weighted by Crippen LogP contribution is -2.31. The predicted octanol–water partition coefficient (Wildman–Crippen LogP) is 4.95. The quantitative estimate of drug-likeness (QED) is 0.295. The maximum atomic E-state index is 13.2. The van der Waals surface area contributed by atoms with Crippen LogP contribution in [0.4, 0.5) is 5.69 Å². The molecule has 0 saturated carbocycles. The van der Waals surface area contributed by atoms with E-state index in [1.54, 1.807) is 12.1 Å². The number of nitrogens with one attached hydrogen (secondary N) is 1. The molecule has 0 bridgehead atoms. The number of nitro groups is 1. The predicted molar refractivity (Wildman–Crippen MR) is 134 cm³/mol. The molecule has 8 heteroatoms. The second kappa shape index (κ2) is 10.5. The number of non-ortho nitro benzene ring substituents is 1. The molecule has 0 aliphatic heterocycles. The molecule has 0 fully saturated rings. The van der Waals surface area contributed by atoms with Crippen LogP contribution in [0.2, 0.25) is 0 Å². The molecule has 0 radical (unpaired) electrons. The van der Waals surface area contributed by atoms with Gasteiger partial charge in [-0.1, -0.05) is 32.0 Å². The fourth-order valence-corrected chi connectivity index (χ4v) is 4.17. The van der Waals surface area contributed by atoms with Gasteiger partial charge in [-0.3, -0.25) is 14.9 Å². The normalized spacial score (nSPS) is 14.1. The van der Waals surface area contributed by atoms with Crippen molar-refractivity contribution >= 4 is 40.1 Å². The zero-order valence-corrected chi connectivity index (χ0v) is 19.7. The number of nitro benzene ring substituents is 1. The van der Waals surface area contributed by atoms with Gasteiger partial charge in [0.25, 0.3) is 11.6 Å². The number of hydrogen-bond donors (Lipinski definition) is 1. The maximum Gasteiger partial charge on any atom is 0.339 e. The first-order chi connectivity index (χ1) is 16.8. The molecule has 0 spiro atoms. The Labute approximate surface area is 203 Å². The summed E-state index contributed by atoms with van der Waals surface area (Å²) in [4.78, 5) is 40.7. The summed E-state index contributed by atoms with van der Waals surface area (Å²) in [7, 11) is 0. The Balaban J connectivity index is 1.69. The zero-order chi connectivity index (χ0) is 24.9. The Bertz CT molecular complexity index is 1310. The van der Waals surface area contributed by atoms with E-state index < -0.39 is 10.9 Å². The van der Waals surface area contributed by atoms with E-state index in [0.29, 0.717) is 35.3 Å². The van der Waals surface area contributed by atoms with Crippen LogP contribution in [0, 0.1) is 16.0 Å². The number of esters is 1. The number of ether oxygens (including phenoxy) is 1. The number of pyridine rings is 1. The van der Waals surface area contributed by atoms with Crippen molar-refractivity contribution in [3.05, 3.63) is 81.0 Å². The molecule has 1 heterocycles. The molecular weight excluding hydrogens is 446 g/mol. The number of benzene rings is 2. The van der Waals surface area contributed by atoms with Gasteiger partial charge in [0.05, 0.1) is 21.7 Å². The highest BCUT2D eigenvalue weighted by atomic mass is 16.6. The highest BCUT2D eigenvalue weighted by Crippen LogP contribution is 2.36. The van der Waals surface area contributed by atoms with Crippen molar-refractivity contribution in [3.8, 4) is 0 Å². The molecule has 1 aliphatic rings. The van der Waals surface area contributed by atoms with E-state index in [0.717, 1.165) is 35.2 Å². The molecule has 8 nitrogen and oxygen atoms in total. The fraction of sp³-hybridized carbons (Fsp3) is 0.296. The largest absolute Gasteiger partial charge is 0.452 e. The number of nitrogens with zero attached hydrogens (tertiary/aromatic N) is 2. The smallest absolute Gasteiger partial charge is 0.339 e. The van der Waals surface area contributed by atoms with Gasteiger partial charge < -0.3 is 10.1 Å². The van der Waals surface area contributed by atoms with E-state index in [4.69, 9.17) is 9.72 Å². The minimum Gasteiger partial charge on any atom is -0.452 e. The van der Waals surface area contributed by atoms with E-state index in [9.17, 15) is 19.7 Å². The van der Waals surface area contributed by atoms with E-state index >= 15 is 0 Å². The molecular formula is C27H27N3O5. The van der Waals surface area contributed by atoms with E-state index in [-0.39, 0.29) is 18.2 Å². The summed E-state index contributed by atoms with van der Waals surface area (Å²) in [6.45, 7) is 4.15. The van der Waals surface area contributed by atoms with Crippen molar-refractivity contribution < 1.29 is 19.2 Å². The van der Waals surface area contributed by atoms with Crippen molar-refractivity contribution in [3.63, 3.8) is 0 Å². The molecule has 3 aromatic rings. The van der Waals surface area contributed by atoms with Crippen molar-refractivity contribution in [1.29, 1.82) is 0 Å². The summed E-state index contributed by atoms with van der Waals surface area (Å²) in [5.74, 6) is -0.582. The monoisotopic (exact) mass is 473 g/mol. The van der Waals surface area contributed by atoms with Crippen molar-refractivity contribution in [2.75, 3.05) is 13.2 Å². The Morgan fingerprint density at radius 3 is 2.60 bits per heavy atom. The standard InChI is InChI=1S/C27H27N3O5/c1-17(2)15-28-24(31)16-35-27(32)25-21-7-3-4-9-23(21)29-26-19(6-5-8-22(25)26)14-18-10-12-20(13-11-18)30(33)34/h3-4,7,9-14,17H,5-6,8,15-16H2,1-2H3,(H,28,31)/b19-14+. The van der Waals surface area contributed by atoms with Gasteiger partial charge in [0.1, 0.15) is 0 Å². The minimum absolute atomic E-state index is 0.0303. The second-order valence-corrected chi connectivity index (χ2v) is 8.98. The van der Waals surface area contributed by atoms with E-state index in [2.05, 4.69) is 5.32 Å². The van der Waals surface area contributed by atoms with Crippen LogP contribution in [-0.2, 0) is 16.0 Å². The number of allylic oxidation sites excluding steroid dienone is 1. The average Bonchev–Trinajstić information content (AvgIpc) is 2.85. The van der Waals surface area contributed by atoms with Crippen LogP contribution in [-0.4, -0.2) is 34.9 Å². The third kappa shape index (κ3) is 5.54. The topological polar surface area (TPSA) is 111 Å². The van der Waals surface area contributed by atoms with Gasteiger partial charge in [0.2, 0.25) is 0 Å². The first-order valence-corrected chi connectivity index (χ1v) is 11.6. The Hall–Kier alpha value is -4.07. The van der Waals surface area contributed by atoms with Crippen LogP contribution < -0.4 is 5.32 Å². The molecule has 1 aliphatic carbocycles. The summed E-state index contributed by atoms with van der Waals surface area (Å²) in [5, 5.41) is 14.4. The maximum absolute atomic E-state index is 13.2. The number of hydrogen-bond acceptors (Lipinski definition) is 6. The lowest BCUT2D eigenvalue weighted by molar-refractivity contribution is -0.384. The molecule has 1 aromatic heterocycles. The first-order valence-electron chi connectivity index (χ1n) is 11.6. The van der Waals surface area contributed by atoms with Crippen molar-refractivity contribution in [1.82, 2.24) is 10.3 Å². The Morgan fingerprint density at radius 1 is 1.14 bits per heavy atom. The van der Waals surface area contributed by atoms with Crippen LogP contribution in [0.5, 0.6) is 0 Å². The van der Waals surface area contributed by atoms with E-state index in [1.165, 1.54) is 12.1 Å². The zero-order valence-electron chi connectivity index (χ0n) is 19.7. The van der Waals surface area contributed by atoms with Crippen LogP contribution in [0.1, 0.15) is 53.9 Å². The molecule has 0 atom stereocenters. The molecule has 1 amide bonds. The SMILES string of the molecule is CC(C)CNC(=O)COC(=O)c1c2c(nc3ccccc13)/C(=C/c1ccc([N+](=O)[O-])cc1)CCC2. The third-order valence-electron chi connectivity index (χ3n) is 5.86. The summed E-state index contributed by atoms with van der Waals surface area (Å²) < 4.78 is 5.42. The highest BCUT2D eigenvalue weighted by molar-refractivity contribution is 6.07. The van der Waals surface area contributed by atoms with Crippen molar-refractivity contribution in [2.24, 2.45) is 5.92 Å². The highest BCUT2D eigenvalue weighted by Gasteiger charge is 2.26. The van der Waals surface area contributed by atoms with Gasteiger partial charge in [-0.2, -0.15) is 0 Å². The Kier molecular flexibility index (Phi) is 7.19. The summed E-state index contributed by atoms with van der Waals surface area (Å²) in [6.07, 6.45) is 4.20. The number of fused-ring (bicyclic) bond motifs is 2. The van der Waals surface area contributed by atoms with Gasteiger partial charge in [-0.05, 0) is 66.2 Å². The molecule has 0 unspecified atom stereocenters. The fourth-order valence-electron chi connectivity index (χ4n) is 4.17. The molecule has 35 heavy (non-hydrogen) atoms. The number of rotatable bonds is 7. The summed E-state index contributed by atoms with van der Waals surface area (Å²) >= 11 is 0. The number of para-hydroxylation sites is 1. The van der Waals surface area contributed by atoms with Crippen LogP contribution in [0.3, 0.4) is 0 Å². The van der Waals surface area contributed by atoms with Gasteiger partial charge in [-0.15, -0.1) is 0 Å². The van der Waals surface area contributed by atoms with Crippen molar-refractivity contribution in [2.45, 2.75) is 33.1 Å². The van der Waals surface area contributed by atoms with Gasteiger partial charge in [-0.25, -0.2) is 9.78 Å². The van der Waals surface area contributed by atoms with Crippen LogP contribution in [0.25, 0.3) is 22.6 Å². The lowest BCUT2D eigenvalue weighted by atomic mass is 9.86. The molecule has 4 rings (SSSR count). The number of aromatic nitrogens is 1. The minimum atomic E-state index is -0.545. The number of carbonyl (C=O) groups excluding carboxylic acids is 2. The summed E-state index contributed by atoms with van der Waals surface area (Å²) in [5.41, 5.74) is 4.44. The van der Waals surface area contributed by atoms with Gasteiger partial charge in [0.15, 0.2) is 6.61 Å². The van der Waals surface area contributed by atoms with Gasteiger partial charge >= 0.3 is 5.97 Å². The van der Waals surface area contributed by atoms with Crippen LogP contribution in [0.15, 0.2) is 48.5 Å². The van der Waals surface area contributed by atoms with Crippen LogP contribution >= 0.6 is 0 Å². The Morgan fingerprint density at radius 2 is 1.89 bits per heavy atom. The molecule has 1 N–H and O–H groups in total. The van der Waals surface area contributed by atoms with E-state index in [1.807, 2.05) is 44.2 Å². The molecule has 0 saturated heterocycles. The lowest BCUT2D eigenvalue weighted by Gasteiger charge is -2.22. The summed E-state index contributed by atoms with van der Waals surface area (Å²) in [6, 6.07) is 13.7. The number of amides is 1. The molecule has 180 valence electrons. The first kappa shape index (κ1) is 24.1. The molecule has 2 aromatic carbocycles. The second-order valence-electron chi connectivity index (χ2n) is 8.98.